The summed E-state index contributed by atoms with van der Waals surface area (Å²) in [6, 6.07) is 0. The van der Waals surface area contributed by atoms with E-state index in [-0.39, 0.29) is 6.61 Å². The molecule has 1 saturated heterocycles. The van der Waals surface area contributed by atoms with Crippen molar-refractivity contribution in [2.45, 2.75) is 12.5 Å². The number of ether oxygens (including phenoxy) is 1. The molecule has 56 valence electrons. The third-order valence-corrected chi connectivity index (χ3v) is 1.34. The Morgan fingerprint density at radius 1 is 1.90 bits per heavy atom. The van der Waals surface area contributed by atoms with Gasteiger partial charge in [-0.2, -0.15) is 0 Å². The Labute approximate surface area is 57.0 Å². The molecule has 1 rings (SSSR count). The topological polar surface area (TPSA) is 75.6 Å². The summed E-state index contributed by atoms with van der Waals surface area (Å²) in [6.07, 6.45) is -0.676. The van der Waals surface area contributed by atoms with Gasteiger partial charge in [-0.25, -0.2) is 9.59 Å². The average molecular weight is 145 g/mol. The number of hydrogen-bond donors (Lipinski definition) is 2. The van der Waals surface area contributed by atoms with Gasteiger partial charge in [-0.3, -0.25) is 0 Å². The molecule has 1 fully saturated rings. The summed E-state index contributed by atoms with van der Waals surface area (Å²) in [7, 11) is 0. The van der Waals surface area contributed by atoms with Crippen molar-refractivity contribution in [3.05, 3.63) is 0 Å². The van der Waals surface area contributed by atoms with Crippen LogP contribution in [0.4, 0.5) is 4.79 Å². The van der Waals surface area contributed by atoms with Gasteiger partial charge in [-0.15, -0.1) is 0 Å². The Morgan fingerprint density at radius 3 is 2.70 bits per heavy atom. The molecule has 0 radical (unpaired) electrons. The summed E-state index contributed by atoms with van der Waals surface area (Å²) >= 11 is 0. The second-order valence-electron chi connectivity index (χ2n) is 2.34. The minimum atomic E-state index is -1.24. The number of nitrogens with one attached hydrogen (secondary N) is 1. The van der Waals surface area contributed by atoms with Crippen molar-refractivity contribution in [3.8, 4) is 0 Å². The summed E-state index contributed by atoms with van der Waals surface area (Å²) in [4.78, 5) is 20.7. The lowest BCUT2D eigenvalue weighted by Gasteiger charge is -2.12. The van der Waals surface area contributed by atoms with Gasteiger partial charge in [-0.05, 0) is 6.92 Å². The van der Waals surface area contributed by atoms with E-state index in [1.54, 1.807) is 0 Å². The van der Waals surface area contributed by atoms with Crippen molar-refractivity contribution >= 4 is 12.1 Å². The zero-order valence-electron chi connectivity index (χ0n) is 5.38. The number of alkyl carbamates (subject to hydrolysis) is 1. The van der Waals surface area contributed by atoms with Gasteiger partial charge in [0.05, 0.1) is 0 Å². The van der Waals surface area contributed by atoms with Gasteiger partial charge in [-0.1, -0.05) is 0 Å². The van der Waals surface area contributed by atoms with Crippen LogP contribution in [0.3, 0.4) is 0 Å². The minimum absolute atomic E-state index is 0.110. The molecule has 1 heterocycles. The molecule has 0 spiro atoms. The fraction of sp³-hybridized carbons (Fsp3) is 0.600. The molecule has 10 heavy (non-hydrogen) atoms. The number of carboxylic acids is 1. The summed E-state index contributed by atoms with van der Waals surface area (Å²) in [6.45, 7) is 1.28. The predicted molar refractivity (Wildman–Crippen MR) is 30.5 cm³/mol. The first-order chi connectivity index (χ1) is 4.54. The van der Waals surface area contributed by atoms with E-state index >= 15 is 0 Å². The molecule has 1 aliphatic rings. The zero-order valence-corrected chi connectivity index (χ0v) is 5.38. The number of carbonyl (C=O) groups is 2. The molecule has 0 aromatic heterocycles. The maximum Gasteiger partial charge on any atom is 0.408 e. The predicted octanol–water partition coefficient (Wildman–Crippen LogP) is -0.430. The second-order valence-corrected chi connectivity index (χ2v) is 2.34. The lowest BCUT2D eigenvalue weighted by atomic mass is 10.1. The van der Waals surface area contributed by atoms with Crippen LogP contribution >= 0.6 is 0 Å². The van der Waals surface area contributed by atoms with Crippen molar-refractivity contribution in [3.63, 3.8) is 0 Å². The first-order valence-electron chi connectivity index (χ1n) is 2.73. The number of carboxylic acid groups (broad SMARTS) is 1. The number of cyclic esters (lactones) is 1. The molecule has 1 atom stereocenters. The van der Waals surface area contributed by atoms with E-state index in [4.69, 9.17) is 5.11 Å². The average Bonchev–Trinajstić information content (AvgIpc) is 2.13. The zero-order chi connectivity index (χ0) is 7.78. The standard InChI is InChI=1S/C5H7NO4/c1-5(3(7)8)2-10-4(9)6-5/h2H2,1H3,(H,6,9)(H,7,8)/t5-/m1/s1. The Hall–Kier alpha value is -1.26. The van der Waals surface area contributed by atoms with Gasteiger partial charge in [0.2, 0.25) is 0 Å². The van der Waals surface area contributed by atoms with Gasteiger partial charge in [0.1, 0.15) is 6.61 Å². The molecule has 1 aliphatic heterocycles. The van der Waals surface area contributed by atoms with Crippen LogP contribution in [0.1, 0.15) is 6.92 Å². The number of hydrogen-bond acceptors (Lipinski definition) is 3. The number of rotatable bonds is 1. The van der Waals surface area contributed by atoms with Crippen LogP contribution in [0.2, 0.25) is 0 Å². The van der Waals surface area contributed by atoms with Gasteiger partial charge >= 0.3 is 12.1 Å². The monoisotopic (exact) mass is 145 g/mol. The molecule has 5 heteroatoms. The van der Waals surface area contributed by atoms with Crippen molar-refractivity contribution in [2.24, 2.45) is 0 Å². The van der Waals surface area contributed by atoms with Crippen molar-refractivity contribution in [1.82, 2.24) is 5.32 Å². The fourth-order valence-electron chi connectivity index (χ4n) is 0.623. The minimum Gasteiger partial charge on any atom is -0.479 e. The lowest BCUT2D eigenvalue weighted by molar-refractivity contribution is -0.143. The van der Waals surface area contributed by atoms with E-state index in [2.05, 4.69) is 10.1 Å². The molecule has 1 amide bonds. The Kier molecular flexibility index (Phi) is 1.28. The van der Waals surface area contributed by atoms with E-state index < -0.39 is 17.6 Å². The van der Waals surface area contributed by atoms with E-state index in [1.807, 2.05) is 0 Å². The maximum absolute atomic E-state index is 10.4. The second kappa shape index (κ2) is 1.86. The SMILES string of the molecule is C[C@]1(C(=O)O)COC(=O)N1. The van der Waals surface area contributed by atoms with Crippen LogP contribution in [0.15, 0.2) is 0 Å². The molecule has 0 aromatic rings. The molecule has 0 bridgehead atoms. The van der Waals surface area contributed by atoms with Crippen LogP contribution in [0.5, 0.6) is 0 Å². The third kappa shape index (κ3) is 0.896. The fourth-order valence-corrected chi connectivity index (χ4v) is 0.623. The summed E-state index contributed by atoms with van der Waals surface area (Å²) < 4.78 is 4.40. The highest BCUT2D eigenvalue weighted by molar-refractivity contribution is 5.86. The van der Waals surface area contributed by atoms with Crippen molar-refractivity contribution < 1.29 is 19.4 Å². The van der Waals surface area contributed by atoms with Gasteiger partial charge < -0.3 is 15.2 Å². The Morgan fingerprint density at radius 2 is 2.50 bits per heavy atom. The first-order valence-corrected chi connectivity index (χ1v) is 2.73. The Bertz CT molecular complexity index is 190. The highest BCUT2D eigenvalue weighted by Crippen LogP contribution is 2.11. The van der Waals surface area contributed by atoms with Crippen LogP contribution < -0.4 is 5.32 Å². The molecule has 0 aliphatic carbocycles. The highest BCUT2D eigenvalue weighted by Gasteiger charge is 2.41. The van der Waals surface area contributed by atoms with Crippen molar-refractivity contribution in [1.29, 1.82) is 0 Å². The van der Waals surface area contributed by atoms with E-state index in [9.17, 15) is 9.59 Å². The van der Waals surface area contributed by atoms with Crippen LogP contribution in [0.25, 0.3) is 0 Å². The lowest BCUT2D eigenvalue weighted by Crippen LogP contribution is -2.47. The largest absolute Gasteiger partial charge is 0.479 e. The Balaban J connectivity index is 2.72. The number of amides is 1. The normalized spacial score (nSPS) is 31.1. The molecule has 0 aromatic carbocycles. The maximum atomic E-state index is 10.4. The first kappa shape index (κ1) is 6.85. The van der Waals surface area contributed by atoms with Crippen LogP contribution in [0, 0.1) is 0 Å². The van der Waals surface area contributed by atoms with E-state index in [1.165, 1.54) is 6.92 Å². The van der Waals surface area contributed by atoms with E-state index in [0.717, 1.165) is 0 Å². The van der Waals surface area contributed by atoms with Gasteiger partial charge in [0.15, 0.2) is 5.54 Å². The quantitative estimate of drug-likeness (QED) is 0.525. The third-order valence-electron chi connectivity index (χ3n) is 1.34. The number of aliphatic carboxylic acids is 1. The van der Waals surface area contributed by atoms with Gasteiger partial charge in [0, 0.05) is 0 Å². The smallest absolute Gasteiger partial charge is 0.408 e. The van der Waals surface area contributed by atoms with Gasteiger partial charge in [0.25, 0.3) is 0 Å². The molecular weight excluding hydrogens is 138 g/mol. The molecule has 5 nitrogen and oxygen atoms in total. The van der Waals surface area contributed by atoms with Crippen LogP contribution in [-0.4, -0.2) is 29.3 Å². The summed E-state index contributed by atoms with van der Waals surface area (Å²) in [5.41, 5.74) is -1.24. The molecule has 0 unspecified atom stereocenters. The highest BCUT2D eigenvalue weighted by atomic mass is 16.6. The molecule has 0 saturated carbocycles. The molecule has 2 N–H and O–H groups in total. The number of carbonyl (C=O) groups excluding carboxylic acids is 1. The van der Waals surface area contributed by atoms with Crippen molar-refractivity contribution in [2.75, 3.05) is 6.61 Å². The molecular formula is C5H7NO4. The van der Waals surface area contributed by atoms with Crippen LogP contribution in [-0.2, 0) is 9.53 Å². The van der Waals surface area contributed by atoms with E-state index in [0.29, 0.717) is 0 Å². The summed E-state index contributed by atoms with van der Waals surface area (Å²) in [5.74, 6) is -1.08. The summed E-state index contributed by atoms with van der Waals surface area (Å²) in [5, 5.41) is 10.7.